The fourth-order valence-electron chi connectivity index (χ4n) is 3.71. The number of nitrogens with one attached hydrogen (secondary N) is 1. The summed E-state index contributed by atoms with van der Waals surface area (Å²) in [5.41, 5.74) is 3.11. The third-order valence-electron chi connectivity index (χ3n) is 5.33. The maximum absolute atomic E-state index is 13.3. The highest BCUT2D eigenvalue weighted by Gasteiger charge is 2.30. The van der Waals surface area contributed by atoms with Gasteiger partial charge in [-0.25, -0.2) is 0 Å². The van der Waals surface area contributed by atoms with Gasteiger partial charge in [0.15, 0.2) is 5.78 Å². The second-order valence-corrected chi connectivity index (χ2v) is 7.93. The second kappa shape index (κ2) is 10.0. The van der Waals surface area contributed by atoms with Crippen molar-refractivity contribution in [1.29, 1.82) is 0 Å². The lowest BCUT2D eigenvalue weighted by atomic mass is 10.0. The van der Waals surface area contributed by atoms with Gasteiger partial charge in [0.1, 0.15) is 5.75 Å². The van der Waals surface area contributed by atoms with Crippen molar-refractivity contribution in [1.82, 2.24) is 4.98 Å². The summed E-state index contributed by atoms with van der Waals surface area (Å²) in [4.78, 5) is 16.1. The summed E-state index contributed by atoms with van der Waals surface area (Å²) in [7, 11) is 0. The maximum Gasteiger partial charge on any atom is 0.416 e. The van der Waals surface area contributed by atoms with Crippen LogP contribution in [0.15, 0.2) is 79.0 Å². The Morgan fingerprint density at radius 2 is 1.80 bits per heavy atom. The molecule has 1 heterocycles. The normalized spacial score (nSPS) is 11.7. The van der Waals surface area contributed by atoms with Crippen LogP contribution in [0, 0.1) is 0 Å². The van der Waals surface area contributed by atoms with Crippen molar-refractivity contribution in [3.63, 3.8) is 0 Å². The van der Waals surface area contributed by atoms with Crippen LogP contribution in [-0.4, -0.2) is 17.4 Å². The summed E-state index contributed by atoms with van der Waals surface area (Å²) >= 11 is 0. The zero-order chi connectivity index (χ0) is 25.0. The Morgan fingerprint density at radius 1 is 1.03 bits per heavy atom. The minimum absolute atomic E-state index is 0.156. The number of fused-ring (bicyclic) bond motifs is 1. The van der Waals surface area contributed by atoms with E-state index in [0.717, 1.165) is 29.0 Å². The number of ketones is 1. The molecular weight excluding hydrogens is 453 g/mol. The van der Waals surface area contributed by atoms with E-state index in [4.69, 9.17) is 4.74 Å². The number of anilines is 2. The first kappa shape index (κ1) is 24.0. The molecule has 1 N–H and O–H groups in total. The van der Waals surface area contributed by atoms with Gasteiger partial charge in [-0.05, 0) is 79.6 Å². The van der Waals surface area contributed by atoms with Crippen molar-refractivity contribution in [2.45, 2.75) is 20.0 Å². The Hall–Kier alpha value is -4.13. The SMILES string of the molecule is CCOc1cccc(-c2ccc3ncc(/C=C/C(C)=O)c(Nc4cccc(C(F)(F)F)c4)c3c2)c1. The number of pyridine rings is 1. The molecule has 35 heavy (non-hydrogen) atoms. The highest BCUT2D eigenvalue weighted by molar-refractivity contribution is 6.01. The highest BCUT2D eigenvalue weighted by atomic mass is 19.4. The Labute approximate surface area is 201 Å². The number of hydrogen-bond donors (Lipinski definition) is 1. The number of alkyl halides is 3. The van der Waals surface area contributed by atoms with Crippen LogP contribution in [0.4, 0.5) is 24.5 Å². The summed E-state index contributed by atoms with van der Waals surface area (Å²) in [5.74, 6) is 0.584. The number of ether oxygens (including phenoxy) is 1. The third kappa shape index (κ3) is 5.69. The Kier molecular flexibility index (Phi) is 6.87. The first-order valence-electron chi connectivity index (χ1n) is 11.0. The van der Waals surface area contributed by atoms with E-state index in [9.17, 15) is 18.0 Å². The fourth-order valence-corrected chi connectivity index (χ4v) is 3.71. The monoisotopic (exact) mass is 476 g/mol. The molecule has 0 unspecified atom stereocenters. The van der Waals surface area contributed by atoms with Crippen LogP contribution in [0.3, 0.4) is 0 Å². The van der Waals surface area contributed by atoms with Gasteiger partial charge >= 0.3 is 6.18 Å². The molecule has 0 saturated carbocycles. The highest BCUT2D eigenvalue weighted by Crippen LogP contribution is 2.36. The van der Waals surface area contributed by atoms with Crippen LogP contribution in [0.5, 0.6) is 5.75 Å². The molecule has 0 spiro atoms. The predicted molar refractivity (Wildman–Crippen MR) is 133 cm³/mol. The number of carbonyl (C=O) groups excluding carboxylic acids is 1. The standard InChI is InChI=1S/C28H23F3N2O2/c1-3-35-24-9-4-6-19(14-24)20-12-13-26-25(15-20)27(21(17-32-26)11-10-18(2)34)33-23-8-5-7-22(16-23)28(29,30)31/h4-17H,3H2,1-2H3,(H,32,33)/b11-10+. The van der Waals surface area contributed by atoms with E-state index in [2.05, 4.69) is 10.3 Å². The van der Waals surface area contributed by atoms with E-state index >= 15 is 0 Å². The van der Waals surface area contributed by atoms with Gasteiger partial charge in [0.05, 0.1) is 23.4 Å². The summed E-state index contributed by atoms with van der Waals surface area (Å²) in [6.07, 6.45) is 0.129. The lowest BCUT2D eigenvalue weighted by molar-refractivity contribution is -0.137. The molecule has 4 rings (SSSR count). The lowest BCUT2D eigenvalue weighted by Crippen LogP contribution is -2.05. The van der Waals surface area contributed by atoms with Crippen molar-refractivity contribution >= 4 is 34.1 Å². The van der Waals surface area contributed by atoms with Gasteiger partial charge in [-0.2, -0.15) is 13.2 Å². The molecule has 4 nitrogen and oxygen atoms in total. The Morgan fingerprint density at radius 3 is 2.54 bits per heavy atom. The predicted octanol–water partition coefficient (Wildman–Crippen LogP) is 7.67. The number of carbonyl (C=O) groups is 1. The van der Waals surface area contributed by atoms with Gasteiger partial charge in [-0.3, -0.25) is 9.78 Å². The molecule has 0 fully saturated rings. The van der Waals surface area contributed by atoms with Crippen molar-refractivity contribution in [3.05, 3.63) is 90.1 Å². The smallest absolute Gasteiger partial charge is 0.416 e. The van der Waals surface area contributed by atoms with E-state index in [0.29, 0.717) is 28.8 Å². The van der Waals surface area contributed by atoms with E-state index in [1.54, 1.807) is 18.3 Å². The number of allylic oxidation sites excluding steroid dienone is 1. The summed E-state index contributed by atoms with van der Waals surface area (Å²) in [6, 6.07) is 18.4. The van der Waals surface area contributed by atoms with Crippen LogP contribution in [0.2, 0.25) is 0 Å². The summed E-state index contributed by atoms with van der Waals surface area (Å²) in [5, 5.41) is 3.84. The van der Waals surface area contributed by atoms with E-state index < -0.39 is 11.7 Å². The van der Waals surface area contributed by atoms with Gasteiger partial charge in [0.25, 0.3) is 0 Å². The van der Waals surface area contributed by atoms with Crippen molar-refractivity contribution in [3.8, 4) is 16.9 Å². The van der Waals surface area contributed by atoms with E-state index in [1.165, 1.54) is 19.1 Å². The molecule has 7 heteroatoms. The van der Waals surface area contributed by atoms with Crippen LogP contribution < -0.4 is 10.1 Å². The number of benzene rings is 3. The van der Waals surface area contributed by atoms with Crippen molar-refractivity contribution in [2.75, 3.05) is 11.9 Å². The van der Waals surface area contributed by atoms with Crippen LogP contribution in [0.1, 0.15) is 25.0 Å². The number of nitrogens with zero attached hydrogens (tertiary/aromatic N) is 1. The zero-order valence-corrected chi connectivity index (χ0v) is 19.2. The molecule has 0 radical (unpaired) electrons. The quantitative estimate of drug-likeness (QED) is 0.278. The van der Waals surface area contributed by atoms with E-state index in [-0.39, 0.29) is 11.5 Å². The molecule has 0 atom stereocenters. The molecule has 3 aromatic carbocycles. The van der Waals surface area contributed by atoms with E-state index in [1.807, 2.05) is 49.4 Å². The van der Waals surface area contributed by atoms with Crippen LogP contribution in [0.25, 0.3) is 28.1 Å². The molecular formula is C28H23F3N2O2. The van der Waals surface area contributed by atoms with Gasteiger partial charge in [0, 0.05) is 22.8 Å². The van der Waals surface area contributed by atoms with Gasteiger partial charge in [-0.15, -0.1) is 0 Å². The average Bonchev–Trinajstić information content (AvgIpc) is 2.83. The summed E-state index contributed by atoms with van der Waals surface area (Å²) < 4.78 is 45.5. The van der Waals surface area contributed by atoms with Crippen molar-refractivity contribution < 1.29 is 22.7 Å². The first-order valence-corrected chi connectivity index (χ1v) is 11.0. The molecule has 4 aromatic rings. The summed E-state index contributed by atoms with van der Waals surface area (Å²) in [6.45, 7) is 3.88. The molecule has 0 amide bonds. The molecule has 0 aliphatic heterocycles. The first-order chi connectivity index (χ1) is 16.7. The maximum atomic E-state index is 13.3. The Balaban J connectivity index is 1.87. The molecule has 0 saturated heterocycles. The number of rotatable bonds is 7. The number of aromatic nitrogens is 1. The third-order valence-corrected chi connectivity index (χ3v) is 5.33. The zero-order valence-electron chi connectivity index (χ0n) is 19.2. The van der Waals surface area contributed by atoms with Crippen LogP contribution >= 0.6 is 0 Å². The molecule has 0 bridgehead atoms. The Bertz CT molecular complexity index is 1410. The minimum atomic E-state index is -4.46. The lowest BCUT2D eigenvalue weighted by Gasteiger charge is -2.16. The molecule has 0 aliphatic carbocycles. The van der Waals surface area contributed by atoms with Crippen molar-refractivity contribution in [2.24, 2.45) is 0 Å². The minimum Gasteiger partial charge on any atom is -0.494 e. The topological polar surface area (TPSA) is 51.2 Å². The largest absolute Gasteiger partial charge is 0.494 e. The van der Waals surface area contributed by atoms with Gasteiger partial charge < -0.3 is 10.1 Å². The second-order valence-electron chi connectivity index (χ2n) is 7.93. The van der Waals surface area contributed by atoms with Crippen LogP contribution in [-0.2, 0) is 11.0 Å². The molecule has 0 aliphatic rings. The van der Waals surface area contributed by atoms with Gasteiger partial charge in [-0.1, -0.05) is 24.3 Å². The number of halogens is 3. The number of hydrogen-bond acceptors (Lipinski definition) is 4. The van der Waals surface area contributed by atoms with Gasteiger partial charge in [0.2, 0.25) is 0 Å². The molecule has 178 valence electrons. The molecule has 1 aromatic heterocycles. The average molecular weight is 476 g/mol. The fraction of sp³-hybridized carbons (Fsp3) is 0.143.